The summed E-state index contributed by atoms with van der Waals surface area (Å²) in [5.74, 6) is 2.72. The van der Waals surface area contributed by atoms with Crippen molar-refractivity contribution in [2.75, 3.05) is 51.7 Å². The zero-order valence-corrected chi connectivity index (χ0v) is 18.6. The van der Waals surface area contributed by atoms with Gasteiger partial charge in [-0.3, -0.25) is 4.99 Å². The number of hydrogen-bond acceptors (Lipinski definition) is 5. The number of rotatable bonds is 7. The molecule has 3 rings (SSSR count). The maximum Gasteiger partial charge on any atom is 0.191 e. The van der Waals surface area contributed by atoms with Gasteiger partial charge in [0, 0.05) is 46.0 Å². The summed E-state index contributed by atoms with van der Waals surface area (Å²) in [6, 6.07) is 12.3. The first-order valence-corrected chi connectivity index (χ1v) is 10.6. The van der Waals surface area contributed by atoms with Gasteiger partial charge in [0.2, 0.25) is 0 Å². The monoisotopic (exact) mass is 410 g/mol. The van der Waals surface area contributed by atoms with Gasteiger partial charge in [-0.15, -0.1) is 0 Å². The number of anilines is 1. The van der Waals surface area contributed by atoms with Crippen molar-refractivity contribution in [3.8, 4) is 5.75 Å². The second-order valence-electron chi connectivity index (χ2n) is 7.82. The van der Waals surface area contributed by atoms with Gasteiger partial charge < -0.3 is 25.2 Å². The molecule has 1 aromatic heterocycles. The minimum Gasteiger partial charge on any atom is -0.489 e. The van der Waals surface area contributed by atoms with Crippen molar-refractivity contribution in [3.05, 3.63) is 53.7 Å². The van der Waals surface area contributed by atoms with Crippen molar-refractivity contribution in [1.29, 1.82) is 0 Å². The Balaban J connectivity index is 1.43. The fraction of sp³-hybridized carbons (Fsp3) is 0.478. The second kappa shape index (κ2) is 10.8. The number of aromatic nitrogens is 1. The van der Waals surface area contributed by atoms with Gasteiger partial charge in [-0.25, -0.2) is 4.98 Å². The number of hydrogen-bond donors (Lipinski definition) is 2. The maximum atomic E-state index is 6.02. The highest BCUT2D eigenvalue weighted by Gasteiger charge is 2.15. The molecule has 1 aliphatic heterocycles. The Bertz CT molecular complexity index is 815. The number of para-hydroxylation sites is 1. The summed E-state index contributed by atoms with van der Waals surface area (Å²) in [7, 11) is 3.94. The van der Waals surface area contributed by atoms with Crippen molar-refractivity contribution >= 4 is 11.8 Å². The van der Waals surface area contributed by atoms with E-state index in [2.05, 4.69) is 62.6 Å². The van der Waals surface area contributed by atoms with E-state index in [1.807, 2.05) is 31.3 Å². The zero-order valence-electron chi connectivity index (χ0n) is 18.6. The SMILES string of the molecule is CN=C(NCc1ccc(N2CCN(C)CC2)nc1)NCC(C)Oc1ccccc1C. The lowest BCUT2D eigenvalue weighted by molar-refractivity contribution is 0.222. The van der Waals surface area contributed by atoms with Crippen molar-refractivity contribution in [2.45, 2.75) is 26.5 Å². The molecular formula is C23H34N6O. The Kier molecular flexibility index (Phi) is 7.90. The number of piperazine rings is 1. The van der Waals surface area contributed by atoms with Crippen LogP contribution in [0.5, 0.6) is 5.75 Å². The van der Waals surface area contributed by atoms with E-state index >= 15 is 0 Å². The van der Waals surface area contributed by atoms with Crippen LogP contribution in [-0.4, -0.2) is 68.8 Å². The quantitative estimate of drug-likeness (QED) is 0.539. The minimum atomic E-state index is 0.0224. The molecule has 2 aromatic rings. The smallest absolute Gasteiger partial charge is 0.191 e. The predicted octanol–water partition coefficient (Wildman–Crippen LogP) is 2.27. The summed E-state index contributed by atoms with van der Waals surface area (Å²) in [5.41, 5.74) is 2.26. The van der Waals surface area contributed by atoms with E-state index < -0.39 is 0 Å². The Morgan fingerprint density at radius 1 is 1.13 bits per heavy atom. The largest absolute Gasteiger partial charge is 0.489 e. The molecule has 1 saturated heterocycles. The number of nitrogens with one attached hydrogen (secondary N) is 2. The average molecular weight is 411 g/mol. The summed E-state index contributed by atoms with van der Waals surface area (Å²) < 4.78 is 6.02. The molecule has 0 aliphatic carbocycles. The number of ether oxygens (including phenoxy) is 1. The molecule has 1 aromatic carbocycles. The van der Waals surface area contributed by atoms with Gasteiger partial charge in [0.05, 0.1) is 6.54 Å². The highest BCUT2D eigenvalue weighted by atomic mass is 16.5. The zero-order chi connectivity index (χ0) is 21.3. The Labute approximate surface area is 180 Å². The van der Waals surface area contributed by atoms with E-state index in [1.54, 1.807) is 7.05 Å². The van der Waals surface area contributed by atoms with Crippen LogP contribution in [0.15, 0.2) is 47.6 Å². The van der Waals surface area contributed by atoms with Crippen LogP contribution in [0, 0.1) is 6.92 Å². The van der Waals surface area contributed by atoms with Crippen LogP contribution in [0.25, 0.3) is 0 Å². The fourth-order valence-corrected chi connectivity index (χ4v) is 3.34. The Morgan fingerprint density at radius 3 is 2.57 bits per heavy atom. The van der Waals surface area contributed by atoms with Crippen LogP contribution in [0.2, 0.25) is 0 Å². The minimum absolute atomic E-state index is 0.0224. The van der Waals surface area contributed by atoms with E-state index in [0.29, 0.717) is 13.1 Å². The van der Waals surface area contributed by atoms with Gasteiger partial charge in [-0.05, 0) is 44.2 Å². The molecule has 0 bridgehead atoms. The van der Waals surface area contributed by atoms with Crippen molar-refractivity contribution in [2.24, 2.45) is 4.99 Å². The molecule has 30 heavy (non-hydrogen) atoms. The number of benzene rings is 1. The normalized spacial score (nSPS) is 16.3. The lowest BCUT2D eigenvalue weighted by Gasteiger charge is -2.33. The van der Waals surface area contributed by atoms with Crippen molar-refractivity contribution in [3.63, 3.8) is 0 Å². The van der Waals surface area contributed by atoms with E-state index in [1.165, 1.54) is 0 Å². The standard InChI is InChI=1S/C23H34N6O/c1-18-7-5-6-8-21(18)30-19(2)15-26-23(24-3)27-17-20-9-10-22(25-16-20)29-13-11-28(4)12-14-29/h5-10,16,19H,11-15,17H2,1-4H3,(H2,24,26,27). The average Bonchev–Trinajstić information content (AvgIpc) is 2.76. The third-order valence-electron chi connectivity index (χ3n) is 5.30. The Morgan fingerprint density at radius 2 is 1.90 bits per heavy atom. The van der Waals surface area contributed by atoms with Crippen LogP contribution in [0.3, 0.4) is 0 Å². The number of nitrogens with zero attached hydrogens (tertiary/aromatic N) is 4. The molecule has 0 spiro atoms. The predicted molar refractivity (Wildman–Crippen MR) is 123 cm³/mol. The van der Waals surface area contributed by atoms with Gasteiger partial charge in [0.25, 0.3) is 0 Å². The van der Waals surface area contributed by atoms with Crippen molar-refractivity contribution < 1.29 is 4.74 Å². The van der Waals surface area contributed by atoms with Gasteiger partial charge >= 0.3 is 0 Å². The summed E-state index contributed by atoms with van der Waals surface area (Å²) in [6.45, 7) is 9.66. The molecule has 0 amide bonds. The summed E-state index contributed by atoms with van der Waals surface area (Å²) in [5, 5.41) is 6.67. The summed E-state index contributed by atoms with van der Waals surface area (Å²) in [4.78, 5) is 13.6. The van der Waals surface area contributed by atoms with Crippen LogP contribution in [-0.2, 0) is 6.54 Å². The second-order valence-corrected chi connectivity index (χ2v) is 7.82. The lowest BCUT2D eigenvalue weighted by Crippen LogP contribution is -2.44. The third kappa shape index (κ3) is 6.35. The highest BCUT2D eigenvalue weighted by molar-refractivity contribution is 5.79. The molecule has 1 atom stereocenters. The van der Waals surface area contributed by atoms with E-state index in [9.17, 15) is 0 Å². The molecule has 2 heterocycles. The molecule has 2 N–H and O–H groups in total. The molecule has 0 radical (unpaired) electrons. The van der Waals surface area contributed by atoms with Crippen LogP contribution >= 0.6 is 0 Å². The molecule has 1 unspecified atom stereocenters. The van der Waals surface area contributed by atoms with Gasteiger partial charge in [-0.2, -0.15) is 0 Å². The molecule has 7 heteroatoms. The first kappa shape index (κ1) is 21.9. The van der Waals surface area contributed by atoms with Crippen LogP contribution in [0.1, 0.15) is 18.1 Å². The number of likely N-dealkylation sites (N-methyl/N-ethyl adjacent to an activating group) is 1. The first-order valence-electron chi connectivity index (χ1n) is 10.6. The van der Waals surface area contributed by atoms with Gasteiger partial charge in [0.1, 0.15) is 17.7 Å². The van der Waals surface area contributed by atoms with E-state index in [0.717, 1.165) is 54.8 Å². The number of aryl methyl sites for hydroxylation is 1. The summed E-state index contributed by atoms with van der Waals surface area (Å²) >= 11 is 0. The van der Waals surface area contributed by atoms with Gasteiger partial charge in [0.15, 0.2) is 5.96 Å². The topological polar surface area (TPSA) is 65.0 Å². The molecule has 1 aliphatic rings. The van der Waals surface area contributed by atoms with Gasteiger partial charge in [-0.1, -0.05) is 24.3 Å². The first-order chi connectivity index (χ1) is 14.5. The lowest BCUT2D eigenvalue weighted by atomic mass is 10.2. The summed E-state index contributed by atoms with van der Waals surface area (Å²) in [6.07, 6.45) is 1.96. The van der Waals surface area contributed by atoms with Crippen LogP contribution < -0.4 is 20.3 Å². The van der Waals surface area contributed by atoms with Crippen molar-refractivity contribution in [1.82, 2.24) is 20.5 Å². The molecule has 7 nitrogen and oxygen atoms in total. The number of aliphatic imine (C=N–C) groups is 1. The third-order valence-corrected chi connectivity index (χ3v) is 5.30. The van der Waals surface area contributed by atoms with E-state index in [-0.39, 0.29) is 6.10 Å². The molecule has 1 fully saturated rings. The van der Waals surface area contributed by atoms with E-state index in [4.69, 9.17) is 4.74 Å². The molecule has 0 saturated carbocycles. The number of guanidine groups is 1. The highest BCUT2D eigenvalue weighted by Crippen LogP contribution is 2.17. The Hall–Kier alpha value is -2.80. The maximum absolute atomic E-state index is 6.02. The molecular weight excluding hydrogens is 376 g/mol. The van der Waals surface area contributed by atoms with Crippen LogP contribution in [0.4, 0.5) is 5.82 Å². The fourth-order valence-electron chi connectivity index (χ4n) is 3.34. The number of pyridine rings is 1. The molecule has 162 valence electrons.